The molecule has 2 fully saturated rings. The van der Waals surface area contributed by atoms with Crippen molar-refractivity contribution in [2.45, 2.75) is 39.3 Å². The fraction of sp³-hybridized carbons (Fsp3) is 0.786. The van der Waals surface area contributed by atoms with Gasteiger partial charge in [0.2, 0.25) is 0 Å². The van der Waals surface area contributed by atoms with Crippen molar-refractivity contribution in [3.8, 4) is 0 Å². The van der Waals surface area contributed by atoms with Gasteiger partial charge in [-0.15, -0.1) is 0 Å². The monoisotopic (exact) mass is 285 g/mol. The summed E-state index contributed by atoms with van der Waals surface area (Å²) in [6.45, 7) is 12.4. The summed E-state index contributed by atoms with van der Waals surface area (Å²) in [4.78, 5) is 4.44. The van der Waals surface area contributed by atoms with Gasteiger partial charge in [0.05, 0.1) is 12.6 Å². The van der Waals surface area contributed by atoms with Crippen molar-refractivity contribution in [3.05, 3.63) is 11.6 Å². The lowest BCUT2D eigenvalue weighted by molar-refractivity contribution is -0.106. The van der Waals surface area contributed by atoms with Crippen molar-refractivity contribution >= 4 is 17.6 Å². The summed E-state index contributed by atoms with van der Waals surface area (Å²) in [6, 6.07) is 0.404. The van der Waals surface area contributed by atoms with Crippen molar-refractivity contribution in [1.82, 2.24) is 10.6 Å². The number of ether oxygens (including phenoxy) is 1. The van der Waals surface area contributed by atoms with E-state index in [-0.39, 0.29) is 5.41 Å². The molecule has 1 heterocycles. The lowest BCUT2D eigenvalue weighted by Gasteiger charge is -2.54. The minimum absolute atomic E-state index is 0.148. The van der Waals surface area contributed by atoms with Gasteiger partial charge in [0.15, 0.2) is 5.96 Å². The van der Waals surface area contributed by atoms with Crippen LogP contribution in [-0.4, -0.2) is 37.8 Å². The maximum atomic E-state index is 5.80. The van der Waals surface area contributed by atoms with E-state index in [1.807, 2.05) is 0 Å². The molecule has 0 aromatic rings. The van der Waals surface area contributed by atoms with Crippen LogP contribution < -0.4 is 10.6 Å². The van der Waals surface area contributed by atoms with Crippen LogP contribution in [0.2, 0.25) is 0 Å². The number of hydrogen-bond acceptors (Lipinski definition) is 2. The molecular formula is C14H24ClN3O. The molecule has 2 aliphatic rings. The number of nitrogens with zero attached hydrogens (tertiary/aromatic N) is 1. The Bertz CT molecular complexity index is 381. The van der Waals surface area contributed by atoms with E-state index in [1.54, 1.807) is 0 Å². The summed E-state index contributed by atoms with van der Waals surface area (Å²) in [5, 5.41) is 7.33. The molecule has 3 atom stereocenters. The lowest BCUT2D eigenvalue weighted by Crippen LogP contribution is -2.67. The van der Waals surface area contributed by atoms with Crippen molar-refractivity contribution in [1.29, 1.82) is 0 Å². The molecular weight excluding hydrogens is 262 g/mol. The van der Waals surface area contributed by atoms with Crippen molar-refractivity contribution in [3.63, 3.8) is 0 Å². The van der Waals surface area contributed by atoms with Crippen LogP contribution in [0.1, 0.15) is 27.2 Å². The van der Waals surface area contributed by atoms with E-state index < -0.39 is 0 Å². The first-order valence-electron chi connectivity index (χ1n) is 6.96. The highest BCUT2D eigenvalue weighted by molar-refractivity contribution is 6.29. The van der Waals surface area contributed by atoms with Crippen LogP contribution in [0.15, 0.2) is 16.6 Å². The zero-order valence-corrected chi connectivity index (χ0v) is 12.8. The summed E-state index contributed by atoms with van der Waals surface area (Å²) in [5.41, 5.74) is 0.148. The van der Waals surface area contributed by atoms with E-state index in [2.05, 4.69) is 43.0 Å². The van der Waals surface area contributed by atoms with E-state index in [9.17, 15) is 0 Å². The van der Waals surface area contributed by atoms with Crippen LogP contribution in [0.25, 0.3) is 0 Å². The summed E-state index contributed by atoms with van der Waals surface area (Å²) in [7, 11) is 0. The highest BCUT2D eigenvalue weighted by Gasteiger charge is 2.59. The number of hydrogen-bond donors (Lipinski definition) is 2. The third-order valence-corrected chi connectivity index (χ3v) is 4.27. The van der Waals surface area contributed by atoms with Crippen LogP contribution in [0.4, 0.5) is 0 Å². The summed E-state index contributed by atoms with van der Waals surface area (Å²) in [5.74, 6) is 1.41. The molecule has 5 heteroatoms. The van der Waals surface area contributed by atoms with Gasteiger partial charge < -0.3 is 15.4 Å². The van der Waals surface area contributed by atoms with Crippen LogP contribution >= 0.6 is 11.6 Å². The van der Waals surface area contributed by atoms with Gasteiger partial charge in [-0.05, 0) is 13.3 Å². The molecule has 1 saturated carbocycles. The molecule has 2 N–H and O–H groups in total. The second kappa shape index (κ2) is 5.71. The van der Waals surface area contributed by atoms with Crippen LogP contribution in [0, 0.1) is 11.3 Å². The predicted octanol–water partition coefficient (Wildman–Crippen LogP) is 2.11. The van der Waals surface area contributed by atoms with E-state index in [0.717, 1.165) is 25.5 Å². The standard InChI is InChI=1S/C14H24ClN3O/c1-5-16-13(17-8-9(2)15)18-11-10-6-7-19-12(10)14(11,3)4/h10-12H,2,5-8H2,1,3-4H3,(H2,16,17,18). The minimum atomic E-state index is 0.148. The Balaban J connectivity index is 2.01. The molecule has 4 nitrogen and oxygen atoms in total. The number of rotatable bonds is 4. The third kappa shape index (κ3) is 2.90. The minimum Gasteiger partial charge on any atom is -0.377 e. The fourth-order valence-corrected chi connectivity index (χ4v) is 3.31. The zero-order chi connectivity index (χ0) is 14.0. The van der Waals surface area contributed by atoms with E-state index >= 15 is 0 Å². The molecule has 1 saturated heterocycles. The third-order valence-electron chi connectivity index (χ3n) is 4.15. The fourth-order valence-electron chi connectivity index (χ4n) is 3.25. The first-order chi connectivity index (χ1) is 8.96. The average molecular weight is 286 g/mol. The molecule has 0 bridgehead atoms. The average Bonchev–Trinajstić information content (AvgIpc) is 2.79. The molecule has 1 aliphatic heterocycles. The Morgan fingerprint density at radius 1 is 1.53 bits per heavy atom. The zero-order valence-electron chi connectivity index (χ0n) is 12.0. The normalized spacial score (nSPS) is 32.4. The van der Waals surface area contributed by atoms with Gasteiger partial charge in [0, 0.05) is 35.6 Å². The first kappa shape index (κ1) is 14.7. The highest BCUT2D eigenvalue weighted by Crippen LogP contribution is 2.52. The second-order valence-corrected chi connectivity index (χ2v) is 6.43. The number of nitrogens with one attached hydrogen (secondary N) is 2. The largest absolute Gasteiger partial charge is 0.377 e. The van der Waals surface area contributed by atoms with Gasteiger partial charge in [-0.1, -0.05) is 32.0 Å². The lowest BCUT2D eigenvalue weighted by atomic mass is 9.57. The molecule has 108 valence electrons. The molecule has 0 radical (unpaired) electrons. The van der Waals surface area contributed by atoms with Gasteiger partial charge >= 0.3 is 0 Å². The molecule has 0 aromatic heterocycles. The Morgan fingerprint density at radius 2 is 2.26 bits per heavy atom. The van der Waals surface area contributed by atoms with Gasteiger partial charge in [-0.25, -0.2) is 4.99 Å². The van der Waals surface area contributed by atoms with Crippen LogP contribution in [-0.2, 0) is 4.74 Å². The number of fused-ring (bicyclic) bond motifs is 1. The van der Waals surface area contributed by atoms with Crippen molar-refractivity contribution < 1.29 is 4.74 Å². The van der Waals surface area contributed by atoms with Gasteiger partial charge in [-0.3, -0.25) is 0 Å². The SMILES string of the molecule is C=C(Cl)CN=C(NCC)NC1C2CCOC2C1(C)C. The Kier molecular flexibility index (Phi) is 4.41. The Hall–Kier alpha value is -0.740. The van der Waals surface area contributed by atoms with Gasteiger partial charge in [0.1, 0.15) is 0 Å². The molecule has 3 unspecified atom stereocenters. The second-order valence-electron chi connectivity index (χ2n) is 5.90. The molecule has 0 aromatic carbocycles. The van der Waals surface area contributed by atoms with E-state index in [4.69, 9.17) is 16.3 Å². The van der Waals surface area contributed by atoms with E-state index in [0.29, 0.717) is 29.6 Å². The Morgan fingerprint density at radius 3 is 2.89 bits per heavy atom. The molecule has 0 spiro atoms. The van der Waals surface area contributed by atoms with Crippen molar-refractivity contribution in [2.24, 2.45) is 16.3 Å². The van der Waals surface area contributed by atoms with Crippen molar-refractivity contribution in [2.75, 3.05) is 19.7 Å². The smallest absolute Gasteiger partial charge is 0.191 e. The van der Waals surface area contributed by atoms with Gasteiger partial charge in [0.25, 0.3) is 0 Å². The first-order valence-corrected chi connectivity index (χ1v) is 7.34. The predicted molar refractivity (Wildman–Crippen MR) is 79.5 cm³/mol. The molecule has 1 aliphatic carbocycles. The summed E-state index contributed by atoms with van der Waals surface area (Å²) >= 11 is 5.77. The maximum absolute atomic E-state index is 5.80. The maximum Gasteiger partial charge on any atom is 0.191 e. The Labute approximate surface area is 120 Å². The number of halogens is 1. The number of guanidine groups is 1. The highest BCUT2D eigenvalue weighted by atomic mass is 35.5. The van der Waals surface area contributed by atoms with Gasteiger partial charge in [-0.2, -0.15) is 0 Å². The topological polar surface area (TPSA) is 45.7 Å². The summed E-state index contributed by atoms with van der Waals surface area (Å²) < 4.78 is 5.80. The van der Waals surface area contributed by atoms with Crippen LogP contribution in [0.5, 0.6) is 0 Å². The number of aliphatic imine (C=N–C) groups is 1. The summed E-state index contributed by atoms with van der Waals surface area (Å²) in [6.07, 6.45) is 1.52. The molecule has 0 amide bonds. The quantitative estimate of drug-likeness (QED) is 0.614. The van der Waals surface area contributed by atoms with Crippen LogP contribution in [0.3, 0.4) is 0 Å². The molecule has 19 heavy (non-hydrogen) atoms. The van der Waals surface area contributed by atoms with E-state index in [1.165, 1.54) is 0 Å². The molecule has 2 rings (SSSR count).